The van der Waals surface area contributed by atoms with Crippen LogP contribution in [0.1, 0.15) is 43.9 Å². The van der Waals surface area contributed by atoms with Gasteiger partial charge in [-0.1, -0.05) is 72.2 Å². The van der Waals surface area contributed by atoms with E-state index in [1.807, 2.05) is 0 Å². The number of rotatable bonds is 1. The third-order valence-corrected chi connectivity index (χ3v) is 6.47. The van der Waals surface area contributed by atoms with Crippen molar-refractivity contribution in [2.24, 2.45) is 5.41 Å². The van der Waals surface area contributed by atoms with Crippen LogP contribution in [0.4, 0.5) is 5.69 Å². The Bertz CT molecular complexity index is 1140. The predicted octanol–water partition coefficient (Wildman–Crippen LogP) is 6.91. The number of hydrogen-bond acceptors (Lipinski definition) is 2. The molecular formula is C25H22BrNO. The molecule has 3 aromatic rings. The summed E-state index contributed by atoms with van der Waals surface area (Å²) in [4.78, 5) is 13.4. The lowest BCUT2D eigenvalue weighted by atomic mass is 9.68. The SMILES string of the molecule is CC1(C)CC(=O)C2=C(C1)C(c1ccc(Br)cc1)Nc1ccc3ccccc3c12. The second kappa shape index (κ2) is 6.31. The van der Waals surface area contributed by atoms with Crippen molar-refractivity contribution in [1.29, 1.82) is 0 Å². The molecule has 0 spiro atoms. The maximum atomic E-state index is 13.4. The zero-order chi connectivity index (χ0) is 19.5. The van der Waals surface area contributed by atoms with Crippen LogP contribution in [-0.4, -0.2) is 5.78 Å². The van der Waals surface area contributed by atoms with Gasteiger partial charge >= 0.3 is 0 Å². The Morgan fingerprint density at radius 1 is 0.964 bits per heavy atom. The van der Waals surface area contributed by atoms with Crippen molar-refractivity contribution in [3.63, 3.8) is 0 Å². The maximum absolute atomic E-state index is 13.4. The molecule has 140 valence electrons. The van der Waals surface area contributed by atoms with Gasteiger partial charge in [0.1, 0.15) is 0 Å². The number of halogens is 1. The zero-order valence-electron chi connectivity index (χ0n) is 16.1. The van der Waals surface area contributed by atoms with E-state index in [0.717, 1.165) is 33.1 Å². The van der Waals surface area contributed by atoms with Gasteiger partial charge in [-0.05, 0) is 51.9 Å². The third-order valence-electron chi connectivity index (χ3n) is 5.94. The van der Waals surface area contributed by atoms with Crippen LogP contribution in [-0.2, 0) is 4.79 Å². The average Bonchev–Trinajstić information content (AvgIpc) is 2.66. The minimum atomic E-state index is -0.0205. The van der Waals surface area contributed by atoms with Crippen LogP contribution in [0.5, 0.6) is 0 Å². The number of Topliss-reactive ketones (excluding diaryl/α,β-unsaturated/α-hetero) is 1. The molecule has 0 saturated carbocycles. The molecule has 1 unspecified atom stereocenters. The van der Waals surface area contributed by atoms with Crippen molar-refractivity contribution in [2.75, 3.05) is 5.32 Å². The molecule has 1 N–H and O–H groups in total. The minimum absolute atomic E-state index is 0.0205. The highest BCUT2D eigenvalue weighted by Crippen LogP contribution is 2.51. The molecule has 0 aromatic heterocycles. The van der Waals surface area contributed by atoms with Gasteiger partial charge in [0.2, 0.25) is 0 Å². The molecule has 0 bridgehead atoms. The Hall–Kier alpha value is -2.39. The first-order chi connectivity index (χ1) is 13.4. The van der Waals surface area contributed by atoms with Crippen molar-refractivity contribution in [3.05, 3.63) is 81.8 Å². The summed E-state index contributed by atoms with van der Waals surface area (Å²) in [6.45, 7) is 4.40. The van der Waals surface area contributed by atoms with Crippen molar-refractivity contribution in [3.8, 4) is 0 Å². The van der Waals surface area contributed by atoms with E-state index < -0.39 is 0 Å². The number of anilines is 1. The summed E-state index contributed by atoms with van der Waals surface area (Å²) in [6.07, 6.45) is 1.52. The van der Waals surface area contributed by atoms with Crippen molar-refractivity contribution >= 4 is 43.7 Å². The lowest BCUT2D eigenvalue weighted by molar-refractivity contribution is -0.116. The van der Waals surface area contributed by atoms with E-state index in [4.69, 9.17) is 0 Å². The van der Waals surface area contributed by atoms with E-state index >= 15 is 0 Å². The summed E-state index contributed by atoms with van der Waals surface area (Å²) in [5, 5.41) is 6.09. The van der Waals surface area contributed by atoms with E-state index in [-0.39, 0.29) is 17.2 Å². The quantitative estimate of drug-likeness (QED) is 0.453. The molecule has 28 heavy (non-hydrogen) atoms. The van der Waals surface area contributed by atoms with E-state index in [1.165, 1.54) is 16.5 Å². The number of carbonyl (C=O) groups excluding carboxylic acids is 1. The summed E-state index contributed by atoms with van der Waals surface area (Å²) < 4.78 is 1.06. The van der Waals surface area contributed by atoms with Gasteiger partial charge in [-0.2, -0.15) is 0 Å². The number of carbonyl (C=O) groups is 1. The first kappa shape index (κ1) is 17.7. The molecule has 1 atom stereocenters. The molecule has 2 nitrogen and oxygen atoms in total. The Morgan fingerprint density at radius 2 is 1.71 bits per heavy atom. The molecule has 5 rings (SSSR count). The fourth-order valence-corrected chi connectivity index (χ4v) is 5.02. The normalized spacial score (nSPS) is 20.5. The van der Waals surface area contributed by atoms with Gasteiger partial charge in [0, 0.05) is 27.7 Å². The number of ketones is 1. The Labute approximate surface area is 173 Å². The molecule has 0 amide bonds. The first-order valence-electron chi connectivity index (χ1n) is 9.73. The summed E-state index contributed by atoms with van der Waals surface area (Å²) >= 11 is 3.53. The smallest absolute Gasteiger partial charge is 0.164 e. The molecular weight excluding hydrogens is 410 g/mol. The minimum Gasteiger partial charge on any atom is -0.374 e. The van der Waals surface area contributed by atoms with Gasteiger partial charge in [0.05, 0.1) is 6.04 Å². The van der Waals surface area contributed by atoms with Crippen LogP contribution in [0.2, 0.25) is 0 Å². The van der Waals surface area contributed by atoms with Crippen LogP contribution in [0.25, 0.3) is 16.3 Å². The van der Waals surface area contributed by atoms with Crippen LogP contribution in [0, 0.1) is 5.41 Å². The average molecular weight is 432 g/mol. The summed E-state index contributed by atoms with van der Waals surface area (Å²) in [5.74, 6) is 0.271. The second-order valence-electron chi connectivity index (χ2n) is 8.68. The van der Waals surface area contributed by atoms with Crippen LogP contribution in [0.3, 0.4) is 0 Å². The van der Waals surface area contributed by atoms with E-state index in [9.17, 15) is 4.79 Å². The largest absolute Gasteiger partial charge is 0.374 e. The molecule has 3 aromatic carbocycles. The first-order valence-corrected chi connectivity index (χ1v) is 10.5. The fraction of sp³-hybridized carbons (Fsp3) is 0.240. The highest BCUT2D eigenvalue weighted by atomic mass is 79.9. The predicted molar refractivity (Wildman–Crippen MR) is 119 cm³/mol. The maximum Gasteiger partial charge on any atom is 0.164 e. The Balaban J connectivity index is 1.79. The molecule has 1 heterocycles. The third kappa shape index (κ3) is 2.80. The summed E-state index contributed by atoms with van der Waals surface area (Å²) in [7, 11) is 0. The monoisotopic (exact) mass is 431 g/mol. The topological polar surface area (TPSA) is 29.1 Å². The highest BCUT2D eigenvalue weighted by molar-refractivity contribution is 9.10. The van der Waals surface area contributed by atoms with Gasteiger partial charge in [0.25, 0.3) is 0 Å². The second-order valence-corrected chi connectivity index (χ2v) is 9.60. The number of benzene rings is 3. The summed E-state index contributed by atoms with van der Waals surface area (Å²) in [5.41, 5.74) is 5.48. The van der Waals surface area contributed by atoms with Gasteiger partial charge < -0.3 is 5.32 Å². The van der Waals surface area contributed by atoms with Crippen LogP contribution < -0.4 is 5.32 Å². The zero-order valence-corrected chi connectivity index (χ0v) is 17.6. The van der Waals surface area contributed by atoms with E-state index in [2.05, 4.69) is 95.8 Å². The van der Waals surface area contributed by atoms with Crippen molar-refractivity contribution in [2.45, 2.75) is 32.7 Å². The van der Waals surface area contributed by atoms with Crippen LogP contribution >= 0.6 is 15.9 Å². The Kier molecular flexibility index (Phi) is 3.99. The van der Waals surface area contributed by atoms with Gasteiger partial charge in [-0.3, -0.25) is 4.79 Å². The molecule has 3 heteroatoms. The molecule has 0 radical (unpaired) electrons. The molecule has 0 saturated heterocycles. The van der Waals surface area contributed by atoms with Crippen molar-refractivity contribution < 1.29 is 4.79 Å². The fourth-order valence-electron chi connectivity index (χ4n) is 4.76. The molecule has 2 aliphatic rings. The number of hydrogen-bond donors (Lipinski definition) is 1. The molecule has 1 aliphatic heterocycles. The standard InChI is InChI=1S/C25H22BrNO/c1-25(2)13-19-23(21(28)14-25)22-18-6-4-3-5-15(18)9-12-20(22)27-24(19)16-7-10-17(26)11-8-16/h3-12,24,27H,13-14H2,1-2H3. The molecule has 1 aliphatic carbocycles. The highest BCUT2D eigenvalue weighted by Gasteiger charge is 2.40. The molecule has 0 fully saturated rings. The number of fused-ring (bicyclic) bond motifs is 4. The van der Waals surface area contributed by atoms with Gasteiger partial charge in [0.15, 0.2) is 5.78 Å². The lowest BCUT2D eigenvalue weighted by Crippen LogP contribution is -2.32. The lowest BCUT2D eigenvalue weighted by Gasteiger charge is -2.40. The van der Waals surface area contributed by atoms with E-state index in [1.54, 1.807) is 0 Å². The van der Waals surface area contributed by atoms with Crippen LogP contribution in [0.15, 0.2) is 70.7 Å². The number of nitrogens with one attached hydrogen (secondary N) is 1. The van der Waals surface area contributed by atoms with Gasteiger partial charge in [-0.15, -0.1) is 0 Å². The summed E-state index contributed by atoms with van der Waals surface area (Å²) in [6, 6.07) is 21.1. The van der Waals surface area contributed by atoms with E-state index in [0.29, 0.717) is 6.42 Å². The van der Waals surface area contributed by atoms with Gasteiger partial charge in [-0.25, -0.2) is 0 Å². The van der Waals surface area contributed by atoms with Crippen molar-refractivity contribution in [1.82, 2.24) is 0 Å². The number of allylic oxidation sites excluding steroid dienone is 1. The Morgan fingerprint density at radius 3 is 2.50 bits per heavy atom.